The Hall–Kier alpha value is -2.37. The van der Waals surface area contributed by atoms with Crippen LogP contribution >= 0.6 is 0 Å². The summed E-state index contributed by atoms with van der Waals surface area (Å²) in [7, 11) is 0. The van der Waals surface area contributed by atoms with Gasteiger partial charge in [-0.1, -0.05) is 25.1 Å². The Morgan fingerprint density at radius 3 is 2.52 bits per heavy atom. The summed E-state index contributed by atoms with van der Waals surface area (Å²) >= 11 is 0. The van der Waals surface area contributed by atoms with Gasteiger partial charge >= 0.3 is 5.97 Å². The van der Waals surface area contributed by atoms with Crippen molar-refractivity contribution < 1.29 is 19.5 Å². The maximum absolute atomic E-state index is 12.7. The van der Waals surface area contributed by atoms with Crippen LogP contribution in [0.4, 0.5) is 0 Å². The van der Waals surface area contributed by atoms with Crippen molar-refractivity contribution in [3.8, 4) is 0 Å². The monoisotopic (exact) mass is 318 g/mol. The molecule has 124 valence electrons. The van der Waals surface area contributed by atoms with Gasteiger partial charge in [-0.2, -0.15) is 0 Å². The first kappa shape index (κ1) is 17.0. The lowest BCUT2D eigenvalue weighted by Crippen LogP contribution is -2.58. The first-order chi connectivity index (χ1) is 10.9. The SMILES string of the molecule is CCC(NC(=O)C1(C)CCCN1C(=O)c1ccccc1)C(=O)O. The lowest BCUT2D eigenvalue weighted by Gasteiger charge is -2.34. The van der Waals surface area contributed by atoms with Crippen molar-refractivity contribution >= 4 is 17.8 Å². The van der Waals surface area contributed by atoms with E-state index in [1.807, 2.05) is 6.07 Å². The van der Waals surface area contributed by atoms with Gasteiger partial charge in [0.15, 0.2) is 0 Å². The standard InChI is InChI=1S/C17H22N2O4/c1-3-13(15(21)22)18-16(23)17(2)10-7-11-19(17)14(20)12-8-5-4-6-9-12/h4-6,8-9,13H,3,7,10-11H2,1-2H3,(H,18,23)(H,21,22). The molecular weight excluding hydrogens is 296 g/mol. The van der Waals surface area contributed by atoms with Crippen molar-refractivity contribution in [1.29, 1.82) is 0 Å². The zero-order valence-electron chi connectivity index (χ0n) is 13.4. The molecule has 2 N–H and O–H groups in total. The molecule has 1 aliphatic rings. The molecule has 6 nitrogen and oxygen atoms in total. The lowest BCUT2D eigenvalue weighted by atomic mass is 9.96. The number of likely N-dealkylation sites (tertiary alicyclic amines) is 1. The van der Waals surface area contributed by atoms with Gasteiger partial charge < -0.3 is 15.3 Å². The first-order valence-electron chi connectivity index (χ1n) is 7.81. The topological polar surface area (TPSA) is 86.7 Å². The highest BCUT2D eigenvalue weighted by molar-refractivity contribution is 6.00. The second-order valence-electron chi connectivity index (χ2n) is 5.97. The van der Waals surface area contributed by atoms with Crippen molar-refractivity contribution in [3.05, 3.63) is 35.9 Å². The van der Waals surface area contributed by atoms with Crippen LogP contribution in [0.15, 0.2) is 30.3 Å². The summed E-state index contributed by atoms with van der Waals surface area (Å²) in [5.74, 6) is -1.68. The molecule has 0 spiro atoms. The van der Waals surface area contributed by atoms with E-state index >= 15 is 0 Å². The Balaban J connectivity index is 2.20. The van der Waals surface area contributed by atoms with E-state index in [-0.39, 0.29) is 5.91 Å². The van der Waals surface area contributed by atoms with E-state index in [1.165, 1.54) is 0 Å². The third-order valence-electron chi connectivity index (χ3n) is 4.41. The number of benzene rings is 1. The molecule has 1 saturated heterocycles. The third-order valence-corrected chi connectivity index (χ3v) is 4.41. The lowest BCUT2D eigenvalue weighted by molar-refractivity contribution is -0.143. The van der Waals surface area contributed by atoms with Gasteiger partial charge in [0, 0.05) is 12.1 Å². The Kier molecular flexibility index (Phi) is 5.03. The summed E-state index contributed by atoms with van der Waals surface area (Å²) < 4.78 is 0. The predicted octanol–water partition coefficient (Wildman–Crippen LogP) is 1.66. The Morgan fingerprint density at radius 1 is 1.30 bits per heavy atom. The maximum atomic E-state index is 12.7. The van der Waals surface area contributed by atoms with Gasteiger partial charge in [-0.15, -0.1) is 0 Å². The highest BCUT2D eigenvalue weighted by Crippen LogP contribution is 2.31. The molecule has 23 heavy (non-hydrogen) atoms. The number of nitrogens with zero attached hydrogens (tertiary/aromatic N) is 1. The number of amides is 2. The second kappa shape index (κ2) is 6.81. The van der Waals surface area contributed by atoms with Crippen LogP contribution < -0.4 is 5.32 Å². The minimum absolute atomic E-state index is 0.205. The van der Waals surface area contributed by atoms with Crippen molar-refractivity contribution in [2.75, 3.05) is 6.54 Å². The molecule has 2 unspecified atom stereocenters. The van der Waals surface area contributed by atoms with Crippen molar-refractivity contribution in [1.82, 2.24) is 10.2 Å². The van der Waals surface area contributed by atoms with Crippen LogP contribution in [0.2, 0.25) is 0 Å². The molecule has 2 rings (SSSR count). The summed E-state index contributed by atoms with van der Waals surface area (Å²) in [6.07, 6.45) is 1.53. The Labute approximate surface area is 135 Å². The largest absolute Gasteiger partial charge is 0.480 e. The summed E-state index contributed by atoms with van der Waals surface area (Å²) in [6.45, 7) is 3.88. The van der Waals surface area contributed by atoms with Crippen LogP contribution in [0, 0.1) is 0 Å². The second-order valence-corrected chi connectivity index (χ2v) is 5.97. The van der Waals surface area contributed by atoms with Crippen molar-refractivity contribution in [2.45, 2.75) is 44.7 Å². The summed E-state index contributed by atoms with van der Waals surface area (Å²) in [4.78, 5) is 38.0. The van der Waals surface area contributed by atoms with Crippen LogP contribution in [0.25, 0.3) is 0 Å². The number of rotatable bonds is 5. The fraction of sp³-hybridized carbons (Fsp3) is 0.471. The normalized spacial score (nSPS) is 21.7. The molecule has 2 atom stereocenters. The van der Waals surface area contributed by atoms with Crippen LogP contribution in [0.5, 0.6) is 0 Å². The smallest absolute Gasteiger partial charge is 0.326 e. The fourth-order valence-corrected chi connectivity index (χ4v) is 2.91. The first-order valence-corrected chi connectivity index (χ1v) is 7.81. The number of aliphatic carboxylic acids is 1. The predicted molar refractivity (Wildman–Crippen MR) is 85.0 cm³/mol. The van der Waals surface area contributed by atoms with E-state index in [9.17, 15) is 14.4 Å². The van der Waals surface area contributed by atoms with E-state index in [1.54, 1.807) is 43.0 Å². The van der Waals surface area contributed by atoms with Gasteiger partial charge in [0.2, 0.25) is 5.91 Å². The summed E-state index contributed by atoms with van der Waals surface area (Å²) in [5, 5.41) is 11.7. The summed E-state index contributed by atoms with van der Waals surface area (Å²) in [5.41, 5.74) is -0.491. The van der Waals surface area contributed by atoms with E-state index < -0.39 is 23.5 Å². The van der Waals surface area contributed by atoms with Crippen molar-refractivity contribution in [2.24, 2.45) is 0 Å². The van der Waals surface area contributed by atoms with Crippen LogP contribution in [-0.4, -0.2) is 45.9 Å². The molecule has 1 aromatic rings. The average molecular weight is 318 g/mol. The molecule has 1 aliphatic heterocycles. The molecular formula is C17H22N2O4. The number of nitrogens with one attached hydrogen (secondary N) is 1. The zero-order valence-corrected chi connectivity index (χ0v) is 13.4. The van der Waals surface area contributed by atoms with E-state index in [2.05, 4.69) is 5.32 Å². The molecule has 0 bridgehead atoms. The minimum atomic E-state index is -1.07. The van der Waals surface area contributed by atoms with Gasteiger partial charge in [-0.25, -0.2) is 4.79 Å². The number of hydrogen-bond donors (Lipinski definition) is 2. The van der Waals surface area contributed by atoms with Crippen LogP contribution in [-0.2, 0) is 9.59 Å². The molecule has 2 amide bonds. The van der Waals surface area contributed by atoms with Gasteiger partial charge in [-0.05, 0) is 38.3 Å². The highest BCUT2D eigenvalue weighted by Gasteiger charge is 2.46. The van der Waals surface area contributed by atoms with E-state index in [0.717, 1.165) is 0 Å². The average Bonchev–Trinajstić information content (AvgIpc) is 2.95. The number of carbonyl (C=O) groups is 3. The van der Waals surface area contributed by atoms with Gasteiger partial charge in [0.05, 0.1) is 0 Å². The molecule has 0 aromatic heterocycles. The zero-order chi connectivity index (χ0) is 17.0. The molecule has 0 saturated carbocycles. The molecule has 0 radical (unpaired) electrons. The molecule has 1 aromatic carbocycles. The number of carboxylic acids is 1. The number of carboxylic acid groups (broad SMARTS) is 1. The minimum Gasteiger partial charge on any atom is -0.480 e. The summed E-state index contributed by atoms with van der Waals surface area (Å²) in [6, 6.07) is 7.87. The van der Waals surface area contributed by atoms with Crippen LogP contribution in [0.3, 0.4) is 0 Å². The number of hydrogen-bond acceptors (Lipinski definition) is 3. The Bertz CT molecular complexity index is 602. The maximum Gasteiger partial charge on any atom is 0.326 e. The molecule has 1 fully saturated rings. The van der Waals surface area contributed by atoms with Gasteiger partial charge in [-0.3, -0.25) is 9.59 Å². The molecule has 6 heteroatoms. The molecule has 0 aliphatic carbocycles. The fourth-order valence-electron chi connectivity index (χ4n) is 2.91. The highest BCUT2D eigenvalue weighted by atomic mass is 16.4. The van der Waals surface area contributed by atoms with Crippen molar-refractivity contribution in [3.63, 3.8) is 0 Å². The van der Waals surface area contributed by atoms with Gasteiger partial charge in [0.1, 0.15) is 11.6 Å². The Morgan fingerprint density at radius 2 is 1.96 bits per heavy atom. The van der Waals surface area contributed by atoms with E-state index in [0.29, 0.717) is 31.4 Å². The van der Waals surface area contributed by atoms with Gasteiger partial charge in [0.25, 0.3) is 5.91 Å². The third kappa shape index (κ3) is 3.36. The van der Waals surface area contributed by atoms with E-state index in [4.69, 9.17) is 5.11 Å². The number of carbonyl (C=O) groups excluding carboxylic acids is 2. The molecule has 1 heterocycles. The quantitative estimate of drug-likeness (QED) is 0.864. The van der Waals surface area contributed by atoms with Crippen LogP contribution in [0.1, 0.15) is 43.5 Å².